The van der Waals surface area contributed by atoms with Gasteiger partial charge in [0, 0.05) is 29.2 Å². The quantitative estimate of drug-likeness (QED) is 0.820. The summed E-state index contributed by atoms with van der Waals surface area (Å²) in [7, 11) is 0. The molecule has 3 rings (SSSR count). The maximum Gasteiger partial charge on any atom is 0.387 e. The topological polar surface area (TPSA) is 33.3 Å². The zero-order valence-corrected chi connectivity index (χ0v) is 13.8. The summed E-state index contributed by atoms with van der Waals surface area (Å²) in [6.45, 7) is -1.46. The second-order valence-corrected chi connectivity index (χ2v) is 6.19. The van der Waals surface area contributed by atoms with Gasteiger partial charge in [-0.05, 0) is 36.7 Å². The molecule has 3 nitrogen and oxygen atoms in total. The third kappa shape index (κ3) is 4.23. The summed E-state index contributed by atoms with van der Waals surface area (Å²) in [6, 6.07) is 15.0. The average Bonchev–Trinajstić information content (AvgIpc) is 3.02. The number of benzene rings is 2. The van der Waals surface area contributed by atoms with E-state index in [-0.39, 0.29) is 17.8 Å². The average molecular weight is 353 g/mol. The molecule has 0 spiro atoms. The minimum atomic E-state index is -2.82. The van der Waals surface area contributed by atoms with Gasteiger partial charge in [-0.25, -0.2) is 0 Å². The molecule has 0 aliphatic carbocycles. The molecule has 0 saturated carbocycles. The van der Waals surface area contributed by atoms with E-state index >= 15 is 0 Å². The van der Waals surface area contributed by atoms with Gasteiger partial charge < -0.3 is 15.4 Å². The Kier molecular flexibility index (Phi) is 5.66. The molecule has 2 aromatic rings. The van der Waals surface area contributed by atoms with Gasteiger partial charge in [-0.15, -0.1) is 0 Å². The lowest BCUT2D eigenvalue weighted by molar-refractivity contribution is -0.0505. The molecule has 0 amide bonds. The molecule has 0 bridgehead atoms. The Morgan fingerprint density at radius 2 is 2.04 bits per heavy atom. The fourth-order valence-corrected chi connectivity index (χ4v) is 3.27. The number of para-hydroxylation sites is 1. The Balaban J connectivity index is 1.68. The van der Waals surface area contributed by atoms with Crippen molar-refractivity contribution in [2.24, 2.45) is 0 Å². The Morgan fingerprint density at radius 1 is 1.21 bits per heavy atom. The van der Waals surface area contributed by atoms with E-state index < -0.39 is 6.61 Å². The van der Waals surface area contributed by atoms with Crippen LogP contribution in [0, 0.1) is 0 Å². The summed E-state index contributed by atoms with van der Waals surface area (Å²) < 4.78 is 29.6. The van der Waals surface area contributed by atoms with Crippen molar-refractivity contribution < 1.29 is 13.5 Å². The molecule has 1 fully saturated rings. The maximum absolute atomic E-state index is 12.5. The number of hydrogen-bond donors (Lipinski definition) is 2. The highest BCUT2D eigenvalue weighted by Gasteiger charge is 2.28. The fraction of sp³-hybridized carbons (Fsp3) is 0.333. The van der Waals surface area contributed by atoms with Crippen LogP contribution in [0.4, 0.5) is 8.78 Å². The van der Waals surface area contributed by atoms with E-state index in [1.807, 2.05) is 30.3 Å². The Labute approximate surface area is 145 Å². The smallest absolute Gasteiger partial charge is 0.387 e. The molecule has 0 aromatic heterocycles. The van der Waals surface area contributed by atoms with Crippen LogP contribution >= 0.6 is 11.6 Å². The number of halogens is 3. The van der Waals surface area contributed by atoms with Crippen LogP contribution in [0.3, 0.4) is 0 Å². The molecule has 1 saturated heterocycles. The van der Waals surface area contributed by atoms with Crippen molar-refractivity contribution in [3.05, 3.63) is 64.7 Å². The molecule has 2 aromatic carbocycles. The van der Waals surface area contributed by atoms with Crippen LogP contribution in [-0.4, -0.2) is 19.2 Å². The van der Waals surface area contributed by atoms with E-state index in [2.05, 4.69) is 15.4 Å². The second-order valence-electron chi connectivity index (χ2n) is 5.75. The van der Waals surface area contributed by atoms with Gasteiger partial charge in [-0.1, -0.05) is 41.9 Å². The molecular formula is C18H19ClF2N2O. The third-order valence-electron chi connectivity index (χ3n) is 4.17. The first kappa shape index (κ1) is 17.1. The zero-order valence-electron chi connectivity index (χ0n) is 13.0. The molecule has 2 atom stereocenters. The van der Waals surface area contributed by atoms with Crippen LogP contribution in [0.25, 0.3) is 0 Å². The van der Waals surface area contributed by atoms with Crippen molar-refractivity contribution in [1.29, 1.82) is 0 Å². The standard InChI is InChI=1S/C18H19ClF2N2O/c19-14-6-3-5-12(10-14)17-15(8-9-22-17)23-11-13-4-1-2-7-16(13)24-18(20)21/h1-7,10,15,17-18,22-23H,8-9,11H2/t15-,17-/m0/s1. The van der Waals surface area contributed by atoms with E-state index in [4.69, 9.17) is 11.6 Å². The largest absolute Gasteiger partial charge is 0.434 e. The van der Waals surface area contributed by atoms with Gasteiger partial charge in [0.15, 0.2) is 0 Å². The highest BCUT2D eigenvalue weighted by molar-refractivity contribution is 6.30. The molecule has 0 unspecified atom stereocenters. The predicted molar refractivity (Wildman–Crippen MR) is 90.5 cm³/mol. The first-order valence-corrected chi connectivity index (χ1v) is 8.26. The lowest BCUT2D eigenvalue weighted by Crippen LogP contribution is -2.34. The van der Waals surface area contributed by atoms with Crippen LogP contribution in [-0.2, 0) is 6.54 Å². The van der Waals surface area contributed by atoms with Crippen LogP contribution in [0.5, 0.6) is 5.75 Å². The lowest BCUT2D eigenvalue weighted by atomic mass is 10.0. The van der Waals surface area contributed by atoms with Crippen LogP contribution in [0.1, 0.15) is 23.6 Å². The summed E-state index contributed by atoms with van der Waals surface area (Å²) in [6.07, 6.45) is 0.953. The van der Waals surface area contributed by atoms with E-state index in [9.17, 15) is 8.78 Å². The molecule has 6 heteroatoms. The molecule has 1 aliphatic heterocycles. The maximum atomic E-state index is 12.5. The molecule has 128 valence electrons. The van der Waals surface area contributed by atoms with Crippen molar-refractivity contribution >= 4 is 11.6 Å². The van der Waals surface area contributed by atoms with E-state index in [1.165, 1.54) is 0 Å². The number of nitrogens with one attached hydrogen (secondary N) is 2. The Bertz CT molecular complexity index is 684. The van der Waals surface area contributed by atoms with Gasteiger partial charge in [0.2, 0.25) is 0 Å². The SMILES string of the molecule is FC(F)Oc1ccccc1CN[C@H]1CCN[C@H]1c1cccc(Cl)c1. The molecule has 2 N–H and O–H groups in total. The van der Waals surface area contributed by atoms with Gasteiger partial charge in [-0.2, -0.15) is 8.78 Å². The molecule has 1 aliphatic rings. The first-order chi connectivity index (χ1) is 11.6. The fourth-order valence-electron chi connectivity index (χ4n) is 3.08. The third-order valence-corrected chi connectivity index (χ3v) is 4.41. The van der Waals surface area contributed by atoms with Gasteiger partial charge in [-0.3, -0.25) is 0 Å². The number of hydrogen-bond acceptors (Lipinski definition) is 3. The van der Waals surface area contributed by atoms with Crippen LogP contribution in [0.2, 0.25) is 5.02 Å². The van der Waals surface area contributed by atoms with Gasteiger partial charge in [0.25, 0.3) is 0 Å². The summed E-state index contributed by atoms with van der Waals surface area (Å²) in [5.41, 5.74) is 1.84. The van der Waals surface area contributed by atoms with Gasteiger partial charge in [0.05, 0.1) is 0 Å². The van der Waals surface area contributed by atoms with Crippen molar-refractivity contribution in [3.8, 4) is 5.75 Å². The van der Waals surface area contributed by atoms with Gasteiger partial charge in [0.1, 0.15) is 5.75 Å². The first-order valence-electron chi connectivity index (χ1n) is 7.88. The van der Waals surface area contributed by atoms with Crippen molar-refractivity contribution in [2.75, 3.05) is 6.54 Å². The second kappa shape index (κ2) is 7.92. The van der Waals surface area contributed by atoms with E-state index in [0.29, 0.717) is 11.6 Å². The lowest BCUT2D eigenvalue weighted by Gasteiger charge is -2.22. The number of ether oxygens (including phenoxy) is 1. The molecular weight excluding hydrogens is 334 g/mol. The van der Waals surface area contributed by atoms with Crippen molar-refractivity contribution in [2.45, 2.75) is 31.7 Å². The minimum Gasteiger partial charge on any atom is -0.434 e. The van der Waals surface area contributed by atoms with Crippen LogP contribution in [0.15, 0.2) is 48.5 Å². The minimum absolute atomic E-state index is 0.145. The molecule has 24 heavy (non-hydrogen) atoms. The Hall–Kier alpha value is -1.69. The van der Waals surface area contributed by atoms with E-state index in [1.54, 1.807) is 18.2 Å². The summed E-state index contributed by atoms with van der Waals surface area (Å²) in [4.78, 5) is 0. The number of rotatable bonds is 6. The predicted octanol–water partition coefficient (Wildman–Crippen LogP) is 4.13. The van der Waals surface area contributed by atoms with E-state index in [0.717, 1.165) is 24.1 Å². The number of alkyl halides is 2. The highest BCUT2D eigenvalue weighted by atomic mass is 35.5. The Morgan fingerprint density at radius 3 is 2.83 bits per heavy atom. The van der Waals surface area contributed by atoms with Crippen molar-refractivity contribution in [1.82, 2.24) is 10.6 Å². The summed E-state index contributed by atoms with van der Waals surface area (Å²) in [5, 5.41) is 7.61. The molecule has 0 radical (unpaired) electrons. The van der Waals surface area contributed by atoms with Gasteiger partial charge >= 0.3 is 6.61 Å². The summed E-state index contributed by atoms with van der Waals surface area (Å²) in [5.74, 6) is 0.213. The monoisotopic (exact) mass is 352 g/mol. The molecule has 1 heterocycles. The van der Waals surface area contributed by atoms with Crippen LogP contribution < -0.4 is 15.4 Å². The van der Waals surface area contributed by atoms with Crippen molar-refractivity contribution in [3.63, 3.8) is 0 Å². The highest BCUT2D eigenvalue weighted by Crippen LogP contribution is 2.27. The zero-order chi connectivity index (χ0) is 16.9. The summed E-state index contributed by atoms with van der Waals surface area (Å²) >= 11 is 6.08. The normalized spacial score (nSPS) is 20.5.